The van der Waals surface area contributed by atoms with Crippen LogP contribution in [0.4, 0.5) is 0 Å². The van der Waals surface area contributed by atoms with E-state index in [1.54, 1.807) is 18.3 Å². The summed E-state index contributed by atoms with van der Waals surface area (Å²) >= 11 is 0. The van der Waals surface area contributed by atoms with Gasteiger partial charge in [0.15, 0.2) is 12.7 Å². The van der Waals surface area contributed by atoms with Gasteiger partial charge < -0.3 is 19.2 Å². The van der Waals surface area contributed by atoms with Crippen molar-refractivity contribution in [2.75, 3.05) is 6.54 Å². The molecule has 6 nitrogen and oxygen atoms in total. The van der Waals surface area contributed by atoms with E-state index in [1.165, 1.54) is 0 Å². The number of nitrogens with zero attached hydrogens (tertiary/aromatic N) is 1. The van der Waals surface area contributed by atoms with Gasteiger partial charge in [0.2, 0.25) is 5.89 Å². The third kappa shape index (κ3) is 4.28. The highest BCUT2D eigenvalue weighted by molar-refractivity contribution is 5.81. The second-order valence-electron chi connectivity index (χ2n) is 5.73. The Hall–Kier alpha value is -2.50. The lowest BCUT2D eigenvalue weighted by atomic mass is 10.2. The van der Waals surface area contributed by atoms with Crippen LogP contribution in [0.3, 0.4) is 0 Å². The molecule has 3 rings (SSSR count). The van der Waals surface area contributed by atoms with Crippen molar-refractivity contribution in [2.45, 2.75) is 45.3 Å². The number of amides is 1. The first-order valence-electron chi connectivity index (χ1n) is 8.35. The molecule has 2 heterocycles. The van der Waals surface area contributed by atoms with E-state index in [4.69, 9.17) is 13.9 Å². The van der Waals surface area contributed by atoms with Crippen LogP contribution in [0.15, 0.2) is 34.9 Å². The van der Waals surface area contributed by atoms with Gasteiger partial charge in [0.25, 0.3) is 5.91 Å². The highest BCUT2D eigenvalue weighted by Gasteiger charge is 2.22. The number of benzene rings is 1. The van der Waals surface area contributed by atoms with Crippen molar-refractivity contribution in [1.82, 2.24) is 10.3 Å². The van der Waals surface area contributed by atoms with Crippen LogP contribution in [-0.2, 0) is 17.8 Å². The molecule has 1 amide bonds. The Balaban J connectivity index is 1.53. The maximum absolute atomic E-state index is 11.9. The highest BCUT2D eigenvalue weighted by atomic mass is 16.5. The minimum Gasteiger partial charge on any atom is -0.484 e. The first-order valence-corrected chi connectivity index (χ1v) is 8.35. The van der Waals surface area contributed by atoms with Crippen LogP contribution in [0.5, 0.6) is 11.5 Å². The Morgan fingerprint density at radius 1 is 1.25 bits per heavy atom. The number of carbonyl (C=O) groups excluding carboxylic acids is 1. The second-order valence-corrected chi connectivity index (χ2v) is 5.73. The summed E-state index contributed by atoms with van der Waals surface area (Å²) in [6.45, 7) is 3.02. The van der Waals surface area contributed by atoms with Crippen molar-refractivity contribution in [3.63, 3.8) is 0 Å². The maximum Gasteiger partial charge on any atom is 0.261 e. The van der Waals surface area contributed by atoms with E-state index in [1.807, 2.05) is 19.1 Å². The zero-order valence-electron chi connectivity index (χ0n) is 13.8. The van der Waals surface area contributed by atoms with Crippen molar-refractivity contribution in [3.05, 3.63) is 42.1 Å². The SMILES string of the molecule is CCc1cnc(COc2ccc(O[C@@H]3CCCCNC3=O)cc2)o1. The monoisotopic (exact) mass is 330 g/mol. The lowest BCUT2D eigenvalue weighted by Crippen LogP contribution is -2.36. The standard InChI is InChI=1S/C18H22N2O4/c1-2-13-11-20-17(24-13)12-22-14-6-8-15(9-7-14)23-16-5-3-4-10-19-18(16)21/h6-9,11,16H,2-5,10,12H2,1H3,(H,19,21)/t16-/m1/s1. The van der Waals surface area contributed by atoms with E-state index in [0.717, 1.165) is 38.0 Å². The van der Waals surface area contributed by atoms with Crippen LogP contribution in [0.2, 0.25) is 0 Å². The molecule has 1 aromatic carbocycles. The Morgan fingerprint density at radius 3 is 2.79 bits per heavy atom. The highest BCUT2D eigenvalue weighted by Crippen LogP contribution is 2.21. The summed E-state index contributed by atoms with van der Waals surface area (Å²) in [5.74, 6) is 2.72. The van der Waals surface area contributed by atoms with Crippen LogP contribution in [0.25, 0.3) is 0 Å². The zero-order chi connectivity index (χ0) is 16.8. The summed E-state index contributed by atoms with van der Waals surface area (Å²) in [6.07, 6.45) is 4.84. The fourth-order valence-corrected chi connectivity index (χ4v) is 2.53. The van der Waals surface area contributed by atoms with E-state index < -0.39 is 6.10 Å². The van der Waals surface area contributed by atoms with E-state index in [0.29, 0.717) is 17.4 Å². The number of nitrogens with one attached hydrogen (secondary N) is 1. The van der Waals surface area contributed by atoms with Crippen molar-refractivity contribution < 1.29 is 18.7 Å². The third-order valence-electron chi connectivity index (χ3n) is 3.90. The maximum atomic E-state index is 11.9. The molecule has 1 aliphatic rings. The Morgan fingerprint density at radius 2 is 2.04 bits per heavy atom. The average molecular weight is 330 g/mol. The molecule has 0 bridgehead atoms. The van der Waals surface area contributed by atoms with E-state index in [2.05, 4.69) is 10.3 Å². The first-order chi connectivity index (χ1) is 11.7. The first kappa shape index (κ1) is 16.4. The largest absolute Gasteiger partial charge is 0.484 e. The van der Waals surface area contributed by atoms with Crippen LogP contribution >= 0.6 is 0 Å². The summed E-state index contributed by atoms with van der Waals surface area (Å²) in [5, 5.41) is 2.87. The number of aryl methyl sites for hydroxylation is 1. The number of ether oxygens (including phenoxy) is 2. The predicted molar refractivity (Wildman–Crippen MR) is 87.9 cm³/mol. The molecule has 1 saturated heterocycles. The van der Waals surface area contributed by atoms with Crippen molar-refractivity contribution in [3.8, 4) is 11.5 Å². The molecule has 1 aromatic heterocycles. The van der Waals surface area contributed by atoms with Crippen LogP contribution in [0.1, 0.15) is 37.8 Å². The number of carbonyl (C=O) groups is 1. The van der Waals surface area contributed by atoms with Crippen LogP contribution < -0.4 is 14.8 Å². The van der Waals surface area contributed by atoms with E-state index in [-0.39, 0.29) is 12.5 Å². The van der Waals surface area contributed by atoms with Gasteiger partial charge in [0.1, 0.15) is 17.3 Å². The normalized spacial score (nSPS) is 17.9. The summed E-state index contributed by atoms with van der Waals surface area (Å²) in [4.78, 5) is 16.0. The molecule has 0 unspecified atom stereocenters. The minimum atomic E-state index is -0.418. The van der Waals surface area contributed by atoms with Crippen molar-refractivity contribution >= 4 is 5.91 Å². The van der Waals surface area contributed by atoms with Gasteiger partial charge in [-0.3, -0.25) is 4.79 Å². The number of hydrogen-bond acceptors (Lipinski definition) is 5. The quantitative estimate of drug-likeness (QED) is 0.881. The number of rotatable bonds is 6. The van der Waals surface area contributed by atoms with Gasteiger partial charge in [-0.1, -0.05) is 6.92 Å². The van der Waals surface area contributed by atoms with E-state index in [9.17, 15) is 4.79 Å². The molecule has 1 N–H and O–H groups in total. The number of aromatic nitrogens is 1. The Kier molecular flexibility index (Phi) is 5.36. The summed E-state index contributed by atoms with van der Waals surface area (Å²) in [7, 11) is 0. The fraction of sp³-hybridized carbons (Fsp3) is 0.444. The molecule has 24 heavy (non-hydrogen) atoms. The average Bonchev–Trinajstić information content (AvgIpc) is 2.98. The molecular formula is C18H22N2O4. The van der Waals surface area contributed by atoms with Gasteiger partial charge >= 0.3 is 0 Å². The topological polar surface area (TPSA) is 73.6 Å². The molecule has 128 valence electrons. The summed E-state index contributed by atoms with van der Waals surface area (Å²) in [5.41, 5.74) is 0. The van der Waals surface area contributed by atoms with E-state index >= 15 is 0 Å². The van der Waals surface area contributed by atoms with Gasteiger partial charge in [0, 0.05) is 13.0 Å². The third-order valence-corrected chi connectivity index (χ3v) is 3.90. The molecule has 1 fully saturated rings. The van der Waals surface area contributed by atoms with Gasteiger partial charge in [-0.05, 0) is 43.5 Å². The molecule has 6 heteroatoms. The van der Waals surface area contributed by atoms with Gasteiger partial charge in [-0.2, -0.15) is 0 Å². The summed E-state index contributed by atoms with van der Waals surface area (Å²) in [6, 6.07) is 7.24. The number of hydrogen-bond donors (Lipinski definition) is 1. The summed E-state index contributed by atoms with van der Waals surface area (Å²) < 4.78 is 16.9. The molecule has 2 aromatic rings. The molecular weight excluding hydrogens is 308 g/mol. The Bertz CT molecular complexity index is 666. The van der Waals surface area contributed by atoms with Crippen LogP contribution in [0, 0.1) is 0 Å². The van der Waals surface area contributed by atoms with Gasteiger partial charge in [-0.15, -0.1) is 0 Å². The van der Waals surface area contributed by atoms with Gasteiger partial charge in [-0.25, -0.2) is 4.98 Å². The predicted octanol–water partition coefficient (Wildman–Crippen LogP) is 2.86. The second kappa shape index (κ2) is 7.86. The molecule has 0 saturated carbocycles. The minimum absolute atomic E-state index is 0.0385. The van der Waals surface area contributed by atoms with Crippen LogP contribution in [-0.4, -0.2) is 23.5 Å². The smallest absolute Gasteiger partial charge is 0.261 e. The van der Waals surface area contributed by atoms with Crippen molar-refractivity contribution in [2.24, 2.45) is 0 Å². The zero-order valence-corrected chi connectivity index (χ0v) is 13.8. The molecule has 1 aliphatic heterocycles. The van der Waals surface area contributed by atoms with Crippen molar-refractivity contribution in [1.29, 1.82) is 0 Å². The lowest BCUT2D eigenvalue weighted by Gasteiger charge is -2.16. The molecule has 1 atom stereocenters. The molecule has 0 aliphatic carbocycles. The Labute approximate surface area is 141 Å². The fourth-order valence-electron chi connectivity index (χ4n) is 2.53. The number of oxazole rings is 1. The lowest BCUT2D eigenvalue weighted by molar-refractivity contribution is -0.127. The molecule has 0 spiro atoms. The molecule has 0 radical (unpaired) electrons. The van der Waals surface area contributed by atoms with Gasteiger partial charge in [0.05, 0.1) is 6.20 Å².